The fraction of sp³-hybridized carbons (Fsp3) is 0.951. The number of carbonyl (C=O) groups excluding carboxylic acids is 4. The van der Waals surface area contributed by atoms with E-state index in [-0.39, 0.29) is 25.7 Å². The van der Waals surface area contributed by atoms with E-state index in [1.165, 1.54) is 212 Å². The van der Waals surface area contributed by atoms with Gasteiger partial charge in [-0.2, -0.15) is 0 Å². The van der Waals surface area contributed by atoms with Gasteiger partial charge in [0.1, 0.15) is 19.3 Å². The summed E-state index contributed by atoms with van der Waals surface area (Å²) in [5, 5.41) is 10.6. The molecule has 4 unspecified atom stereocenters. The number of carbonyl (C=O) groups is 4. The van der Waals surface area contributed by atoms with Crippen molar-refractivity contribution in [2.45, 2.75) is 433 Å². The van der Waals surface area contributed by atoms with Crippen molar-refractivity contribution in [1.82, 2.24) is 0 Å². The van der Waals surface area contributed by atoms with Gasteiger partial charge in [-0.25, -0.2) is 9.13 Å². The van der Waals surface area contributed by atoms with Gasteiger partial charge < -0.3 is 33.8 Å². The number of phosphoric acid groups is 2. The molecule has 0 amide bonds. The van der Waals surface area contributed by atoms with Crippen LogP contribution in [0.15, 0.2) is 0 Å². The van der Waals surface area contributed by atoms with Crippen LogP contribution in [-0.4, -0.2) is 96.7 Å². The molecule has 0 saturated carbocycles. The maximum atomic E-state index is 13.1. The first-order valence-corrected chi connectivity index (χ1v) is 44.8. The Kier molecular flexibility index (Phi) is 68.7. The Morgan fingerprint density at radius 3 is 0.710 bits per heavy atom. The fourth-order valence-electron chi connectivity index (χ4n) is 12.4. The minimum atomic E-state index is -4.96. The molecule has 594 valence electrons. The van der Waals surface area contributed by atoms with Gasteiger partial charge in [0.05, 0.1) is 26.4 Å². The first-order valence-electron chi connectivity index (χ1n) is 41.8. The molecule has 0 saturated heterocycles. The summed E-state index contributed by atoms with van der Waals surface area (Å²) in [7, 11) is -9.92. The van der Waals surface area contributed by atoms with Gasteiger partial charge in [0.15, 0.2) is 12.2 Å². The summed E-state index contributed by atoms with van der Waals surface area (Å²) in [4.78, 5) is 73.0. The monoisotopic (exact) mass is 1470 g/mol. The molecule has 0 radical (unpaired) electrons. The molecule has 0 bridgehead atoms. The molecule has 0 spiro atoms. The molecule has 0 aromatic heterocycles. The standard InChI is InChI=1S/C81H158O17P2/c1-9-73(7)59-51-43-34-28-22-17-15-13-11-12-14-16-18-23-30-36-45-53-61-78(83)91-67-76(97-80(85)63-55-47-37-31-24-20-19-21-27-33-41-49-57-71(3)4)69-95-99(87,88)93-65-75(82)66-94-100(89,90)96-70-77(68-92-79(84)62-54-46-40-39-42-50-58-72(5)6)98-81(86)64-56-48-38-32-26-25-29-35-44-52-60-74(8)10-2/h71-77,82H,9-70H2,1-8H3,(H,87,88)(H,89,90)/t73?,74?,75-,76-,77-/m1/s1. The first-order chi connectivity index (χ1) is 48.2. The summed E-state index contributed by atoms with van der Waals surface area (Å²) in [5.74, 6) is 1.02. The Labute approximate surface area is 613 Å². The van der Waals surface area contributed by atoms with Crippen LogP contribution in [0.2, 0.25) is 0 Å². The lowest BCUT2D eigenvalue weighted by Gasteiger charge is -2.21. The van der Waals surface area contributed by atoms with Crippen LogP contribution >= 0.6 is 15.6 Å². The Morgan fingerprint density at radius 1 is 0.280 bits per heavy atom. The topological polar surface area (TPSA) is 237 Å². The lowest BCUT2D eigenvalue weighted by Crippen LogP contribution is -2.30. The van der Waals surface area contributed by atoms with Crippen LogP contribution in [0.4, 0.5) is 0 Å². The average molecular weight is 1470 g/mol. The summed E-state index contributed by atoms with van der Waals surface area (Å²) in [6.45, 7) is 14.3. The number of hydrogen-bond donors (Lipinski definition) is 3. The molecule has 19 heteroatoms. The van der Waals surface area contributed by atoms with Gasteiger partial charge in [-0.05, 0) is 49.4 Å². The highest BCUT2D eigenvalue weighted by molar-refractivity contribution is 7.47. The van der Waals surface area contributed by atoms with Gasteiger partial charge in [-0.3, -0.25) is 37.3 Å². The molecule has 0 aliphatic heterocycles. The smallest absolute Gasteiger partial charge is 0.462 e. The van der Waals surface area contributed by atoms with Crippen LogP contribution in [0.3, 0.4) is 0 Å². The third kappa shape index (κ3) is 71.7. The van der Waals surface area contributed by atoms with E-state index in [1.54, 1.807) is 0 Å². The summed E-state index contributed by atoms with van der Waals surface area (Å²) in [5.41, 5.74) is 0. The highest BCUT2D eigenvalue weighted by Crippen LogP contribution is 2.45. The van der Waals surface area contributed by atoms with Crippen molar-refractivity contribution in [2.24, 2.45) is 23.7 Å². The van der Waals surface area contributed by atoms with E-state index in [2.05, 4.69) is 55.4 Å². The number of phosphoric ester groups is 2. The van der Waals surface area contributed by atoms with Crippen molar-refractivity contribution in [3.05, 3.63) is 0 Å². The molecule has 7 atom stereocenters. The molecule has 100 heavy (non-hydrogen) atoms. The number of aliphatic hydroxyl groups excluding tert-OH is 1. The van der Waals surface area contributed by atoms with Crippen LogP contribution in [0, 0.1) is 23.7 Å². The summed E-state index contributed by atoms with van der Waals surface area (Å²) < 4.78 is 68.7. The van der Waals surface area contributed by atoms with Crippen molar-refractivity contribution >= 4 is 39.5 Å². The Hall–Kier alpha value is -1.94. The lowest BCUT2D eigenvalue weighted by atomic mass is 9.99. The summed E-state index contributed by atoms with van der Waals surface area (Å²) in [6, 6.07) is 0. The minimum absolute atomic E-state index is 0.105. The van der Waals surface area contributed by atoms with E-state index in [0.29, 0.717) is 31.6 Å². The zero-order valence-corrected chi connectivity index (χ0v) is 67.6. The second-order valence-electron chi connectivity index (χ2n) is 30.6. The Morgan fingerprint density at radius 2 is 0.480 bits per heavy atom. The predicted octanol–water partition coefficient (Wildman–Crippen LogP) is 24.0. The highest BCUT2D eigenvalue weighted by Gasteiger charge is 2.30. The molecule has 0 aliphatic carbocycles. The van der Waals surface area contributed by atoms with Gasteiger partial charge in [0, 0.05) is 25.7 Å². The van der Waals surface area contributed by atoms with E-state index < -0.39 is 97.5 Å². The van der Waals surface area contributed by atoms with E-state index >= 15 is 0 Å². The van der Waals surface area contributed by atoms with Crippen molar-refractivity contribution in [3.8, 4) is 0 Å². The van der Waals surface area contributed by atoms with Crippen LogP contribution in [0.1, 0.15) is 415 Å². The molecule has 0 aromatic carbocycles. The van der Waals surface area contributed by atoms with Crippen molar-refractivity contribution in [2.75, 3.05) is 39.6 Å². The molecule has 0 rings (SSSR count). The zero-order valence-electron chi connectivity index (χ0n) is 65.8. The van der Waals surface area contributed by atoms with Crippen molar-refractivity contribution < 1.29 is 80.2 Å². The zero-order chi connectivity index (χ0) is 73.8. The average Bonchev–Trinajstić information content (AvgIpc) is 0.936. The second-order valence-corrected chi connectivity index (χ2v) is 33.5. The summed E-state index contributed by atoms with van der Waals surface area (Å²) >= 11 is 0. The fourth-order valence-corrected chi connectivity index (χ4v) is 13.9. The quantitative estimate of drug-likeness (QED) is 0.0222. The maximum absolute atomic E-state index is 13.1. The third-order valence-corrected chi connectivity index (χ3v) is 21.4. The van der Waals surface area contributed by atoms with Gasteiger partial charge in [0.2, 0.25) is 0 Å². The predicted molar refractivity (Wildman–Crippen MR) is 409 cm³/mol. The van der Waals surface area contributed by atoms with E-state index in [1.807, 2.05) is 0 Å². The molecule has 17 nitrogen and oxygen atoms in total. The number of hydrogen-bond acceptors (Lipinski definition) is 15. The van der Waals surface area contributed by atoms with E-state index in [0.717, 1.165) is 114 Å². The van der Waals surface area contributed by atoms with Crippen LogP contribution in [-0.2, 0) is 65.4 Å². The maximum Gasteiger partial charge on any atom is 0.472 e. The number of rotatable bonds is 78. The summed E-state index contributed by atoms with van der Waals surface area (Å²) in [6.07, 6.45) is 57.0. The van der Waals surface area contributed by atoms with E-state index in [4.69, 9.17) is 37.0 Å². The second kappa shape index (κ2) is 70.1. The highest BCUT2D eigenvalue weighted by atomic mass is 31.2. The number of unbranched alkanes of at least 4 members (excludes halogenated alkanes) is 42. The first kappa shape index (κ1) is 98.1. The van der Waals surface area contributed by atoms with Gasteiger partial charge in [-0.15, -0.1) is 0 Å². The van der Waals surface area contributed by atoms with Gasteiger partial charge >= 0.3 is 39.5 Å². The largest absolute Gasteiger partial charge is 0.472 e. The molecule has 0 heterocycles. The van der Waals surface area contributed by atoms with Crippen LogP contribution in [0.5, 0.6) is 0 Å². The molecule has 3 N–H and O–H groups in total. The molecular weight excluding hydrogens is 1310 g/mol. The minimum Gasteiger partial charge on any atom is -0.462 e. The van der Waals surface area contributed by atoms with Gasteiger partial charge in [-0.1, -0.05) is 364 Å². The number of ether oxygens (including phenoxy) is 4. The molecular formula is C81H158O17P2. The number of aliphatic hydroxyl groups is 1. The van der Waals surface area contributed by atoms with Crippen LogP contribution in [0.25, 0.3) is 0 Å². The van der Waals surface area contributed by atoms with Crippen molar-refractivity contribution in [1.29, 1.82) is 0 Å². The van der Waals surface area contributed by atoms with Crippen molar-refractivity contribution in [3.63, 3.8) is 0 Å². The van der Waals surface area contributed by atoms with E-state index in [9.17, 15) is 43.2 Å². The number of esters is 4. The Balaban J connectivity index is 5.19. The molecule has 0 aliphatic rings. The third-order valence-electron chi connectivity index (χ3n) is 19.5. The SMILES string of the molecule is CCC(C)CCCCCCCCCCCCCCCCCCCCC(=O)OC[C@H](COP(=O)(O)OC[C@@H](O)COP(=O)(O)OC[C@@H](COC(=O)CCCCCCCCC(C)C)OC(=O)CCCCCCCCCCCCC(C)CC)OC(=O)CCCCCCCCCCCCCCC(C)C. The van der Waals surface area contributed by atoms with Gasteiger partial charge in [0.25, 0.3) is 0 Å². The lowest BCUT2D eigenvalue weighted by molar-refractivity contribution is -0.161. The molecule has 0 fully saturated rings. The normalized spacial score (nSPS) is 14.6. The molecule has 0 aromatic rings. The van der Waals surface area contributed by atoms with Crippen LogP contribution < -0.4 is 0 Å². The Bertz CT molecular complexity index is 1960.